The van der Waals surface area contributed by atoms with Crippen LogP contribution in [0.3, 0.4) is 0 Å². The fraction of sp³-hybridized carbons (Fsp3) is 0.393. The Hall–Kier alpha value is -3.06. The summed E-state index contributed by atoms with van der Waals surface area (Å²) in [6.45, 7) is 8.64. The summed E-state index contributed by atoms with van der Waals surface area (Å²) in [7, 11) is 0. The maximum Gasteiger partial charge on any atom is 0.410 e. The molecule has 182 valence electrons. The molecule has 3 aliphatic rings. The molecule has 1 saturated heterocycles. The molecule has 0 saturated carbocycles. The van der Waals surface area contributed by atoms with Crippen molar-refractivity contribution in [1.29, 1.82) is 0 Å². The zero-order valence-corrected chi connectivity index (χ0v) is 21.3. The van der Waals surface area contributed by atoms with Crippen LogP contribution < -0.4 is 0 Å². The molecule has 0 unspecified atom stereocenters. The highest BCUT2D eigenvalue weighted by Gasteiger charge is 2.46. The number of likely N-dealkylation sites (tertiary alicyclic amines) is 1. The zero-order valence-electron chi connectivity index (χ0n) is 20.5. The van der Waals surface area contributed by atoms with Crippen molar-refractivity contribution >= 4 is 35.2 Å². The third-order valence-electron chi connectivity index (χ3n) is 6.64. The van der Waals surface area contributed by atoms with Gasteiger partial charge in [0.2, 0.25) is 11.6 Å². The quantitative estimate of drug-likeness (QED) is 0.482. The lowest BCUT2D eigenvalue weighted by Gasteiger charge is -2.45. The number of hydrogen-bond acceptors (Lipinski definition) is 6. The van der Waals surface area contributed by atoms with Crippen molar-refractivity contribution in [2.24, 2.45) is 0 Å². The molecule has 0 atom stereocenters. The standard InChI is InChI=1S/C28H29NO5S/c1-17-5-7-18(8-6-17)19-9-10-20-21(15-19)24-25(23(31)22(20)30)35-16-28(33-24)11-13-29(14-12-28)26(32)34-27(2,3)4/h5-10,15H,11-14,16H2,1-4H3. The minimum atomic E-state index is -0.545. The number of piperidine rings is 1. The van der Waals surface area contributed by atoms with Gasteiger partial charge in [0, 0.05) is 42.8 Å². The number of fused-ring (bicyclic) bond motifs is 2. The van der Waals surface area contributed by atoms with Crippen molar-refractivity contribution in [3.05, 3.63) is 64.1 Å². The van der Waals surface area contributed by atoms with Gasteiger partial charge >= 0.3 is 6.09 Å². The maximum atomic E-state index is 12.9. The minimum Gasteiger partial charge on any atom is -0.484 e. The molecular formula is C28H29NO5S. The largest absolute Gasteiger partial charge is 0.484 e. The van der Waals surface area contributed by atoms with Gasteiger partial charge in [-0.2, -0.15) is 0 Å². The molecule has 0 aromatic heterocycles. The van der Waals surface area contributed by atoms with E-state index in [9.17, 15) is 14.4 Å². The van der Waals surface area contributed by atoms with Gasteiger partial charge in [0.15, 0.2) is 0 Å². The van der Waals surface area contributed by atoms with E-state index in [1.807, 2.05) is 52.0 Å². The van der Waals surface area contributed by atoms with Crippen molar-refractivity contribution in [3.63, 3.8) is 0 Å². The first-order chi connectivity index (χ1) is 16.6. The van der Waals surface area contributed by atoms with Crippen molar-refractivity contribution in [2.45, 2.75) is 51.7 Å². The van der Waals surface area contributed by atoms with Gasteiger partial charge < -0.3 is 14.4 Å². The van der Waals surface area contributed by atoms with Gasteiger partial charge in [-0.05, 0) is 51.0 Å². The molecule has 2 heterocycles. The third-order valence-corrected chi connectivity index (χ3v) is 7.97. The summed E-state index contributed by atoms with van der Waals surface area (Å²) in [5.41, 5.74) is 3.18. The first kappa shape index (κ1) is 23.7. The van der Waals surface area contributed by atoms with E-state index in [1.165, 1.54) is 17.3 Å². The van der Waals surface area contributed by atoms with Crippen molar-refractivity contribution in [1.82, 2.24) is 4.90 Å². The van der Waals surface area contributed by atoms with Crippen LogP contribution in [0, 0.1) is 6.92 Å². The third kappa shape index (κ3) is 4.49. The number of nitrogens with zero attached hydrogens (tertiary/aromatic N) is 1. The summed E-state index contributed by atoms with van der Waals surface area (Å²) in [6.07, 6.45) is 0.943. The molecular weight excluding hydrogens is 462 g/mol. The summed E-state index contributed by atoms with van der Waals surface area (Å²) < 4.78 is 12.1. The van der Waals surface area contributed by atoms with E-state index in [0.717, 1.165) is 11.1 Å². The van der Waals surface area contributed by atoms with Crippen LogP contribution in [0.2, 0.25) is 0 Å². The van der Waals surface area contributed by atoms with E-state index in [2.05, 4.69) is 12.1 Å². The van der Waals surface area contributed by atoms with E-state index >= 15 is 0 Å². The smallest absolute Gasteiger partial charge is 0.410 e. The van der Waals surface area contributed by atoms with E-state index < -0.39 is 22.8 Å². The highest BCUT2D eigenvalue weighted by Crippen LogP contribution is 2.48. The van der Waals surface area contributed by atoms with E-state index in [1.54, 1.807) is 11.0 Å². The van der Waals surface area contributed by atoms with Crippen LogP contribution in [-0.2, 0) is 14.3 Å². The number of carbonyl (C=O) groups excluding carboxylic acids is 3. The van der Waals surface area contributed by atoms with Crippen LogP contribution in [0.4, 0.5) is 4.79 Å². The normalized spacial score (nSPS) is 19.3. The Kier molecular flexibility index (Phi) is 5.79. The van der Waals surface area contributed by atoms with Crippen LogP contribution in [0.25, 0.3) is 16.9 Å². The molecule has 0 radical (unpaired) electrons. The number of carbonyl (C=O) groups is 3. The lowest BCUT2D eigenvalue weighted by molar-refractivity contribution is -0.111. The SMILES string of the molecule is Cc1ccc(-c2ccc3c(c2)C2=C(SCC4(CCN(C(=O)OC(C)(C)C)CC4)O2)C(=O)C3=O)cc1. The minimum absolute atomic E-state index is 0.317. The van der Waals surface area contributed by atoms with Crippen LogP contribution in [-0.4, -0.2) is 52.6 Å². The summed E-state index contributed by atoms with van der Waals surface area (Å²) in [5, 5.41) is 0. The number of benzene rings is 2. The maximum absolute atomic E-state index is 12.9. The van der Waals surface area contributed by atoms with Gasteiger partial charge in [0.05, 0.1) is 0 Å². The van der Waals surface area contributed by atoms with Crippen molar-refractivity contribution in [2.75, 3.05) is 18.8 Å². The molecule has 0 bridgehead atoms. The van der Waals surface area contributed by atoms with Gasteiger partial charge in [0.1, 0.15) is 21.9 Å². The van der Waals surface area contributed by atoms with Crippen LogP contribution in [0.1, 0.15) is 55.1 Å². The van der Waals surface area contributed by atoms with Gasteiger partial charge in [-0.25, -0.2) is 4.79 Å². The molecule has 0 N–H and O–H groups in total. The van der Waals surface area contributed by atoms with Gasteiger partial charge in [0.25, 0.3) is 0 Å². The highest BCUT2D eigenvalue weighted by atomic mass is 32.2. The summed E-state index contributed by atoms with van der Waals surface area (Å²) in [5.74, 6) is 0.0863. The number of allylic oxidation sites excluding steroid dienone is 1. The Morgan fingerprint density at radius 1 is 0.971 bits per heavy atom. The summed E-state index contributed by atoms with van der Waals surface area (Å²) in [4.78, 5) is 40.4. The number of ether oxygens (including phenoxy) is 2. The Labute approximate surface area is 209 Å². The fourth-order valence-electron chi connectivity index (χ4n) is 4.66. The Bertz CT molecular complexity index is 1250. The second kappa shape index (κ2) is 8.55. The number of amides is 1. The Balaban J connectivity index is 1.43. The highest BCUT2D eigenvalue weighted by molar-refractivity contribution is 8.04. The lowest BCUT2D eigenvalue weighted by Crippen LogP contribution is -2.51. The van der Waals surface area contributed by atoms with Crippen molar-refractivity contribution < 1.29 is 23.9 Å². The molecule has 1 aliphatic carbocycles. The van der Waals surface area contributed by atoms with Crippen LogP contribution in [0.15, 0.2) is 47.4 Å². The predicted molar refractivity (Wildman–Crippen MR) is 136 cm³/mol. The number of aryl methyl sites for hydroxylation is 1. The van der Waals surface area contributed by atoms with Crippen LogP contribution >= 0.6 is 11.8 Å². The molecule has 2 aromatic carbocycles. The van der Waals surface area contributed by atoms with E-state index in [0.29, 0.717) is 53.5 Å². The Morgan fingerprint density at radius 2 is 1.63 bits per heavy atom. The zero-order chi connectivity index (χ0) is 25.0. The molecule has 6 nitrogen and oxygen atoms in total. The first-order valence-electron chi connectivity index (χ1n) is 11.9. The second-order valence-electron chi connectivity index (χ2n) is 10.5. The van der Waals surface area contributed by atoms with Gasteiger partial charge in [-0.15, -0.1) is 11.8 Å². The monoisotopic (exact) mass is 491 g/mol. The lowest BCUT2D eigenvalue weighted by atomic mass is 9.88. The molecule has 1 amide bonds. The molecule has 35 heavy (non-hydrogen) atoms. The summed E-state index contributed by atoms with van der Waals surface area (Å²) >= 11 is 1.40. The fourth-order valence-corrected chi connectivity index (χ4v) is 5.92. The molecule has 1 spiro atoms. The molecule has 5 rings (SSSR count). The molecule has 2 aliphatic heterocycles. The second-order valence-corrected chi connectivity index (χ2v) is 11.5. The van der Waals surface area contributed by atoms with E-state index in [4.69, 9.17) is 9.47 Å². The van der Waals surface area contributed by atoms with Gasteiger partial charge in [-0.3, -0.25) is 9.59 Å². The predicted octanol–water partition coefficient (Wildman–Crippen LogP) is 5.63. The number of ketones is 2. The topological polar surface area (TPSA) is 72.9 Å². The number of Topliss-reactive ketones (excluding diaryl/α,β-unsaturated/α-hetero) is 2. The summed E-state index contributed by atoms with van der Waals surface area (Å²) in [6, 6.07) is 13.8. The van der Waals surface area contributed by atoms with Crippen molar-refractivity contribution in [3.8, 4) is 11.1 Å². The molecule has 1 fully saturated rings. The van der Waals surface area contributed by atoms with Gasteiger partial charge in [-0.1, -0.05) is 35.9 Å². The molecule has 2 aromatic rings. The average Bonchev–Trinajstić information content (AvgIpc) is 2.82. The number of thioether (sulfide) groups is 1. The number of rotatable bonds is 1. The molecule has 7 heteroatoms. The Morgan fingerprint density at radius 3 is 2.29 bits per heavy atom. The van der Waals surface area contributed by atoms with Crippen LogP contribution in [0.5, 0.6) is 0 Å². The number of hydrogen-bond donors (Lipinski definition) is 0. The van der Waals surface area contributed by atoms with E-state index in [-0.39, 0.29) is 6.09 Å². The average molecular weight is 492 g/mol. The first-order valence-corrected chi connectivity index (χ1v) is 12.9.